The second kappa shape index (κ2) is 7.08. The highest BCUT2D eigenvalue weighted by Gasteiger charge is 2.17. The number of ether oxygens (including phenoxy) is 1. The summed E-state index contributed by atoms with van der Waals surface area (Å²) in [7, 11) is -1.99. The molecule has 8 nitrogen and oxygen atoms in total. The summed E-state index contributed by atoms with van der Waals surface area (Å²) in [6.07, 6.45) is 1.92. The molecule has 0 saturated heterocycles. The van der Waals surface area contributed by atoms with Crippen molar-refractivity contribution in [1.29, 1.82) is 0 Å². The monoisotopic (exact) mass is 436 g/mol. The maximum atomic E-state index is 12.6. The van der Waals surface area contributed by atoms with Crippen molar-refractivity contribution in [2.75, 3.05) is 22.9 Å². The number of sulfonamides is 1. The van der Waals surface area contributed by atoms with Gasteiger partial charge in [0.05, 0.1) is 28.9 Å². The van der Waals surface area contributed by atoms with Crippen molar-refractivity contribution in [1.82, 2.24) is 9.38 Å². The van der Waals surface area contributed by atoms with Gasteiger partial charge < -0.3 is 10.1 Å². The summed E-state index contributed by atoms with van der Waals surface area (Å²) in [6, 6.07) is 6.55. The van der Waals surface area contributed by atoms with Crippen LogP contribution in [0.2, 0.25) is 0 Å². The van der Waals surface area contributed by atoms with Gasteiger partial charge in [0, 0.05) is 23.3 Å². The van der Waals surface area contributed by atoms with E-state index in [9.17, 15) is 13.2 Å². The third-order valence-corrected chi connectivity index (χ3v) is 7.13. The third-order valence-electron chi connectivity index (χ3n) is 4.07. The first-order chi connectivity index (χ1) is 13.4. The van der Waals surface area contributed by atoms with Gasteiger partial charge in [-0.15, -0.1) is 22.7 Å². The Balaban J connectivity index is 1.57. The van der Waals surface area contributed by atoms with Crippen LogP contribution in [0.5, 0.6) is 5.75 Å². The normalized spacial score (nSPS) is 11.8. The Bertz CT molecular complexity index is 1290. The average Bonchev–Trinajstić information content (AvgIpc) is 3.35. The largest absolute Gasteiger partial charge is 0.494 e. The number of carbonyl (C=O) groups is 1. The number of benzene rings is 1. The van der Waals surface area contributed by atoms with Crippen molar-refractivity contribution in [2.24, 2.45) is 0 Å². The second-order valence-electron chi connectivity index (χ2n) is 5.84. The topological polar surface area (TPSA) is 102 Å². The molecule has 4 aromatic rings. The molecule has 28 heavy (non-hydrogen) atoms. The number of imidazole rings is 1. The maximum Gasteiger partial charge on any atom is 0.265 e. The van der Waals surface area contributed by atoms with Crippen molar-refractivity contribution in [3.63, 3.8) is 0 Å². The second-order valence-corrected chi connectivity index (χ2v) is 9.76. The molecule has 11 heteroatoms. The number of hydrogen-bond donors (Lipinski definition) is 2. The van der Waals surface area contributed by atoms with E-state index in [2.05, 4.69) is 15.0 Å². The van der Waals surface area contributed by atoms with Crippen LogP contribution in [0.3, 0.4) is 0 Å². The number of carbonyl (C=O) groups excluding carboxylic acids is 1. The van der Waals surface area contributed by atoms with Crippen LogP contribution in [0.15, 0.2) is 35.8 Å². The van der Waals surface area contributed by atoms with Gasteiger partial charge in [0.25, 0.3) is 5.91 Å². The predicted octanol–water partition coefficient (Wildman–Crippen LogP) is 3.63. The minimum absolute atomic E-state index is 0.0490. The lowest BCUT2D eigenvalue weighted by molar-refractivity contribution is 0.103. The molecule has 0 saturated carbocycles. The predicted molar refractivity (Wildman–Crippen MR) is 112 cm³/mol. The Hall–Kier alpha value is -2.63. The standard InChI is InChI=1S/C17H16N4O4S3/c1-3-28(23,24)20-11-5-4-10(8-13(11)25-2)18-15(22)14-9-12-16(27-14)19-17-21(12)6-7-26-17/h4-9,20H,3H2,1-2H3,(H,18,22). The molecular weight excluding hydrogens is 420 g/mol. The van der Waals surface area contributed by atoms with Crippen molar-refractivity contribution in [3.8, 4) is 5.75 Å². The Morgan fingerprint density at radius 3 is 2.89 bits per heavy atom. The van der Waals surface area contributed by atoms with Crippen LogP contribution >= 0.6 is 22.7 Å². The molecule has 1 amide bonds. The fourth-order valence-corrected chi connectivity index (χ4v) is 4.99. The van der Waals surface area contributed by atoms with E-state index in [4.69, 9.17) is 4.74 Å². The maximum absolute atomic E-state index is 12.6. The number of thiazole rings is 1. The van der Waals surface area contributed by atoms with Crippen LogP contribution in [0.25, 0.3) is 15.3 Å². The number of aromatic nitrogens is 2. The van der Waals surface area contributed by atoms with Gasteiger partial charge in [-0.3, -0.25) is 13.9 Å². The molecule has 0 bridgehead atoms. The number of rotatable bonds is 6. The summed E-state index contributed by atoms with van der Waals surface area (Å²) in [6.45, 7) is 1.55. The number of anilines is 2. The molecule has 0 unspecified atom stereocenters. The molecule has 4 rings (SSSR count). The molecule has 0 spiro atoms. The lowest BCUT2D eigenvalue weighted by atomic mass is 10.2. The first-order valence-corrected chi connectivity index (χ1v) is 11.6. The lowest BCUT2D eigenvalue weighted by Gasteiger charge is -2.12. The Labute approximate surface area is 168 Å². The summed E-state index contributed by atoms with van der Waals surface area (Å²) in [5.74, 6) is -0.0000394. The Kier molecular flexibility index (Phi) is 4.73. The zero-order valence-electron chi connectivity index (χ0n) is 14.9. The van der Waals surface area contributed by atoms with Gasteiger partial charge in [0.1, 0.15) is 10.6 Å². The van der Waals surface area contributed by atoms with Crippen LogP contribution in [-0.2, 0) is 10.0 Å². The molecule has 0 radical (unpaired) electrons. The number of fused-ring (bicyclic) bond motifs is 3. The molecule has 0 aliphatic heterocycles. The van der Waals surface area contributed by atoms with Crippen LogP contribution in [0.1, 0.15) is 16.6 Å². The molecule has 2 N–H and O–H groups in total. The minimum atomic E-state index is -3.43. The van der Waals surface area contributed by atoms with Gasteiger partial charge in [-0.05, 0) is 25.1 Å². The summed E-state index contributed by atoms with van der Waals surface area (Å²) in [4.78, 5) is 19.4. The molecule has 0 atom stereocenters. The van der Waals surface area contributed by atoms with Gasteiger partial charge in [0.15, 0.2) is 4.96 Å². The highest BCUT2D eigenvalue weighted by Crippen LogP contribution is 2.31. The van der Waals surface area contributed by atoms with Gasteiger partial charge in [-0.25, -0.2) is 13.4 Å². The molecule has 0 fully saturated rings. The highest BCUT2D eigenvalue weighted by molar-refractivity contribution is 7.92. The quantitative estimate of drug-likeness (QED) is 0.481. The minimum Gasteiger partial charge on any atom is -0.494 e. The van der Waals surface area contributed by atoms with Crippen molar-refractivity contribution >= 4 is 65.3 Å². The Morgan fingerprint density at radius 1 is 1.32 bits per heavy atom. The van der Waals surface area contributed by atoms with E-state index in [1.807, 2.05) is 22.0 Å². The van der Waals surface area contributed by atoms with E-state index < -0.39 is 10.0 Å². The molecular formula is C17H16N4O4S3. The zero-order chi connectivity index (χ0) is 19.9. The van der Waals surface area contributed by atoms with Crippen LogP contribution in [0.4, 0.5) is 11.4 Å². The van der Waals surface area contributed by atoms with Crippen molar-refractivity contribution < 1.29 is 17.9 Å². The van der Waals surface area contributed by atoms with Gasteiger partial charge in [0.2, 0.25) is 10.0 Å². The number of amides is 1. The van der Waals surface area contributed by atoms with E-state index in [0.717, 1.165) is 15.3 Å². The molecule has 1 aromatic carbocycles. The first-order valence-electron chi connectivity index (χ1n) is 8.25. The highest BCUT2D eigenvalue weighted by atomic mass is 32.2. The number of thiophene rings is 1. The van der Waals surface area contributed by atoms with E-state index in [1.54, 1.807) is 36.5 Å². The number of nitrogens with zero attached hydrogens (tertiary/aromatic N) is 2. The SMILES string of the molecule is CCS(=O)(=O)Nc1ccc(NC(=O)c2cc3c(nc4sccn43)s2)cc1OC. The van der Waals surface area contributed by atoms with E-state index in [1.165, 1.54) is 18.4 Å². The average molecular weight is 437 g/mol. The molecule has 0 aliphatic carbocycles. The molecule has 3 heterocycles. The third kappa shape index (κ3) is 3.43. The van der Waals surface area contributed by atoms with E-state index in [0.29, 0.717) is 22.0 Å². The fraction of sp³-hybridized carbons (Fsp3) is 0.176. The number of nitrogens with one attached hydrogen (secondary N) is 2. The molecule has 146 valence electrons. The zero-order valence-corrected chi connectivity index (χ0v) is 17.4. The fourth-order valence-electron chi connectivity index (χ4n) is 2.65. The lowest BCUT2D eigenvalue weighted by Crippen LogP contribution is -2.15. The van der Waals surface area contributed by atoms with Gasteiger partial charge in [-0.1, -0.05) is 0 Å². The number of methoxy groups -OCH3 is 1. The van der Waals surface area contributed by atoms with E-state index >= 15 is 0 Å². The molecule has 3 aromatic heterocycles. The summed E-state index contributed by atoms with van der Waals surface area (Å²) in [5, 5.41) is 4.75. The summed E-state index contributed by atoms with van der Waals surface area (Å²) >= 11 is 2.86. The van der Waals surface area contributed by atoms with Gasteiger partial charge >= 0.3 is 0 Å². The van der Waals surface area contributed by atoms with Crippen LogP contribution in [-0.4, -0.2) is 36.6 Å². The van der Waals surface area contributed by atoms with Crippen molar-refractivity contribution in [3.05, 3.63) is 40.7 Å². The summed E-state index contributed by atoms with van der Waals surface area (Å²) in [5.41, 5.74) is 1.71. The summed E-state index contributed by atoms with van der Waals surface area (Å²) < 4.78 is 33.2. The van der Waals surface area contributed by atoms with Crippen LogP contribution in [0, 0.1) is 0 Å². The Morgan fingerprint density at radius 2 is 2.14 bits per heavy atom. The van der Waals surface area contributed by atoms with Gasteiger partial charge in [-0.2, -0.15) is 0 Å². The smallest absolute Gasteiger partial charge is 0.265 e. The molecule has 0 aliphatic rings. The number of hydrogen-bond acceptors (Lipinski definition) is 7. The van der Waals surface area contributed by atoms with Crippen LogP contribution < -0.4 is 14.8 Å². The van der Waals surface area contributed by atoms with E-state index in [-0.39, 0.29) is 11.7 Å². The van der Waals surface area contributed by atoms with Crippen molar-refractivity contribution in [2.45, 2.75) is 6.92 Å². The first kappa shape index (κ1) is 18.7.